The maximum absolute atomic E-state index is 5.31. The largest absolute Gasteiger partial charge is 0.292 e. The fourth-order valence-electron chi connectivity index (χ4n) is 6.61. The van der Waals surface area contributed by atoms with Crippen LogP contribution in [0.4, 0.5) is 0 Å². The van der Waals surface area contributed by atoms with E-state index >= 15 is 0 Å². The molecule has 2 aromatic heterocycles. The summed E-state index contributed by atoms with van der Waals surface area (Å²) in [6.45, 7) is 0. The van der Waals surface area contributed by atoms with Crippen LogP contribution in [0.2, 0.25) is 0 Å². The molecule has 9 rings (SSSR count). The van der Waals surface area contributed by atoms with Crippen LogP contribution in [0.5, 0.6) is 0 Å². The Morgan fingerprint density at radius 1 is 0.415 bits per heavy atom. The summed E-state index contributed by atoms with van der Waals surface area (Å²) in [7, 11) is 0. The van der Waals surface area contributed by atoms with Crippen molar-refractivity contribution in [3.05, 3.63) is 140 Å². The second-order valence-corrected chi connectivity index (χ2v) is 10.6. The van der Waals surface area contributed by atoms with E-state index in [2.05, 4.69) is 126 Å². The highest BCUT2D eigenvalue weighted by Gasteiger charge is 2.22. The zero-order valence-corrected chi connectivity index (χ0v) is 22.1. The number of fused-ring (bicyclic) bond motifs is 11. The zero-order chi connectivity index (χ0) is 26.9. The third-order valence-corrected chi connectivity index (χ3v) is 8.35. The molecule has 3 nitrogen and oxygen atoms in total. The molecule has 190 valence electrons. The Bertz CT molecular complexity index is 2470. The Labute approximate surface area is 235 Å². The van der Waals surface area contributed by atoms with Crippen LogP contribution in [0.25, 0.3) is 82.2 Å². The van der Waals surface area contributed by atoms with Crippen LogP contribution in [0, 0.1) is 0 Å². The van der Waals surface area contributed by atoms with Crippen molar-refractivity contribution < 1.29 is 0 Å². The van der Waals surface area contributed by atoms with Gasteiger partial charge in [0.25, 0.3) is 0 Å². The lowest BCUT2D eigenvalue weighted by molar-refractivity contribution is 1.08. The Kier molecular flexibility index (Phi) is 4.61. The highest BCUT2D eigenvalue weighted by atomic mass is 15.1. The van der Waals surface area contributed by atoms with Gasteiger partial charge in [-0.25, -0.2) is 9.97 Å². The van der Waals surface area contributed by atoms with Gasteiger partial charge in [0.15, 0.2) is 5.82 Å². The molecule has 0 unspecified atom stereocenters. The summed E-state index contributed by atoms with van der Waals surface area (Å²) in [6.07, 6.45) is 0. The first-order valence-corrected chi connectivity index (χ1v) is 13.9. The first-order valence-electron chi connectivity index (χ1n) is 13.9. The van der Waals surface area contributed by atoms with E-state index in [0.717, 1.165) is 33.6 Å². The molecule has 0 aliphatic rings. The lowest BCUT2D eigenvalue weighted by Crippen LogP contribution is -2.03. The van der Waals surface area contributed by atoms with Crippen LogP contribution in [-0.2, 0) is 0 Å². The molecule has 0 atom stereocenters. The average molecular weight is 522 g/mol. The second-order valence-electron chi connectivity index (χ2n) is 10.6. The van der Waals surface area contributed by atoms with Gasteiger partial charge in [-0.3, -0.25) is 4.57 Å². The van der Waals surface area contributed by atoms with Gasteiger partial charge in [-0.05, 0) is 45.1 Å². The number of para-hydroxylation sites is 2. The van der Waals surface area contributed by atoms with Gasteiger partial charge in [-0.1, -0.05) is 121 Å². The molecular weight excluding hydrogens is 498 g/mol. The van der Waals surface area contributed by atoms with Crippen LogP contribution < -0.4 is 0 Å². The Morgan fingerprint density at radius 2 is 1.05 bits per heavy atom. The molecule has 0 bridgehead atoms. The molecule has 0 aliphatic carbocycles. The van der Waals surface area contributed by atoms with Crippen molar-refractivity contribution in [2.75, 3.05) is 0 Å². The number of aromatic nitrogens is 3. The number of benzene rings is 7. The number of hydrogen-bond donors (Lipinski definition) is 0. The minimum atomic E-state index is 0.723. The van der Waals surface area contributed by atoms with E-state index < -0.39 is 0 Å². The monoisotopic (exact) mass is 521 g/mol. The van der Waals surface area contributed by atoms with Gasteiger partial charge in [-0.2, -0.15) is 0 Å². The maximum atomic E-state index is 5.31. The number of hydrogen-bond acceptors (Lipinski definition) is 2. The van der Waals surface area contributed by atoms with Gasteiger partial charge in [-0.15, -0.1) is 0 Å². The van der Waals surface area contributed by atoms with E-state index in [1.54, 1.807) is 0 Å². The molecular formula is C38H23N3. The predicted octanol–water partition coefficient (Wildman–Crippen LogP) is 9.85. The van der Waals surface area contributed by atoms with Crippen molar-refractivity contribution >= 4 is 65.0 Å². The first-order chi connectivity index (χ1) is 20.4. The minimum Gasteiger partial charge on any atom is -0.292 e. The Morgan fingerprint density at radius 3 is 1.88 bits per heavy atom. The molecule has 2 heterocycles. The molecule has 0 amide bonds. The van der Waals surface area contributed by atoms with Gasteiger partial charge in [0.1, 0.15) is 5.82 Å². The summed E-state index contributed by atoms with van der Waals surface area (Å²) < 4.78 is 2.38. The SMILES string of the molecule is c1ccc(-c2nc(-n3c4ccccc4c4c5ccccc5c5c6ccccc6ccc5c43)c3ccccc3n2)cc1. The Balaban J connectivity index is 1.57. The normalized spacial score (nSPS) is 11.9. The molecule has 0 aliphatic heterocycles. The standard InChI is InChI=1S/C38H23N3/c1-2-13-25(14-3-1)37-39-32-20-10-8-18-29(32)38(40-37)41-33-21-11-9-19-30(33)35-28-17-7-6-16-27(28)34-26-15-5-4-12-24(26)22-23-31(34)36(35)41/h1-23H. The highest BCUT2D eigenvalue weighted by Crippen LogP contribution is 2.44. The highest BCUT2D eigenvalue weighted by molar-refractivity contribution is 6.36. The molecule has 0 radical (unpaired) electrons. The summed E-state index contributed by atoms with van der Waals surface area (Å²) in [5.74, 6) is 1.62. The minimum absolute atomic E-state index is 0.723. The quantitative estimate of drug-likeness (QED) is 0.212. The molecule has 41 heavy (non-hydrogen) atoms. The number of rotatable bonds is 2. The second kappa shape index (κ2) is 8.48. The van der Waals surface area contributed by atoms with Crippen LogP contribution in [0.15, 0.2) is 140 Å². The van der Waals surface area contributed by atoms with Gasteiger partial charge in [0.05, 0.1) is 16.6 Å². The summed E-state index contributed by atoms with van der Waals surface area (Å²) >= 11 is 0. The summed E-state index contributed by atoms with van der Waals surface area (Å²) in [5, 5.41) is 11.0. The zero-order valence-electron chi connectivity index (χ0n) is 22.1. The maximum Gasteiger partial charge on any atom is 0.162 e. The van der Waals surface area contributed by atoms with Crippen LogP contribution >= 0.6 is 0 Å². The Hall–Kier alpha value is -5.54. The van der Waals surface area contributed by atoms with Crippen molar-refractivity contribution in [3.63, 3.8) is 0 Å². The predicted molar refractivity (Wildman–Crippen MR) is 172 cm³/mol. The molecule has 9 aromatic rings. The molecule has 0 saturated heterocycles. The van der Waals surface area contributed by atoms with E-state index in [1.165, 1.54) is 48.6 Å². The van der Waals surface area contributed by atoms with Gasteiger partial charge < -0.3 is 0 Å². The summed E-state index contributed by atoms with van der Waals surface area (Å²) in [5.41, 5.74) is 4.24. The topological polar surface area (TPSA) is 30.7 Å². The molecule has 0 fully saturated rings. The molecule has 7 aromatic carbocycles. The molecule has 0 saturated carbocycles. The molecule has 0 N–H and O–H groups in total. The van der Waals surface area contributed by atoms with Crippen molar-refractivity contribution in [2.24, 2.45) is 0 Å². The molecule has 3 heteroatoms. The van der Waals surface area contributed by atoms with Crippen LogP contribution in [0.3, 0.4) is 0 Å². The summed E-state index contributed by atoms with van der Waals surface area (Å²) in [6, 6.07) is 49.4. The van der Waals surface area contributed by atoms with E-state index in [1.807, 2.05) is 18.2 Å². The van der Waals surface area contributed by atoms with E-state index in [9.17, 15) is 0 Å². The summed E-state index contributed by atoms with van der Waals surface area (Å²) in [4.78, 5) is 10.3. The fraction of sp³-hybridized carbons (Fsp3) is 0. The van der Waals surface area contributed by atoms with Gasteiger partial charge in [0.2, 0.25) is 0 Å². The fourth-order valence-corrected chi connectivity index (χ4v) is 6.61. The number of nitrogens with zero attached hydrogens (tertiary/aromatic N) is 3. The lowest BCUT2D eigenvalue weighted by Gasteiger charge is -2.15. The van der Waals surface area contributed by atoms with E-state index in [0.29, 0.717) is 0 Å². The smallest absolute Gasteiger partial charge is 0.162 e. The average Bonchev–Trinajstić information content (AvgIpc) is 3.40. The van der Waals surface area contributed by atoms with Crippen molar-refractivity contribution in [2.45, 2.75) is 0 Å². The van der Waals surface area contributed by atoms with Gasteiger partial charge in [0, 0.05) is 27.1 Å². The van der Waals surface area contributed by atoms with E-state index in [-0.39, 0.29) is 0 Å². The van der Waals surface area contributed by atoms with Crippen molar-refractivity contribution in [3.8, 4) is 17.2 Å². The van der Waals surface area contributed by atoms with Gasteiger partial charge >= 0.3 is 0 Å². The lowest BCUT2D eigenvalue weighted by atomic mass is 9.93. The third kappa shape index (κ3) is 3.14. The van der Waals surface area contributed by atoms with Crippen LogP contribution in [-0.4, -0.2) is 14.5 Å². The van der Waals surface area contributed by atoms with Crippen LogP contribution in [0.1, 0.15) is 0 Å². The molecule has 0 spiro atoms. The van der Waals surface area contributed by atoms with Crippen molar-refractivity contribution in [1.82, 2.24) is 14.5 Å². The van der Waals surface area contributed by atoms with Crippen molar-refractivity contribution in [1.29, 1.82) is 0 Å². The first kappa shape index (κ1) is 22.3. The third-order valence-electron chi connectivity index (χ3n) is 8.35. The van der Waals surface area contributed by atoms with E-state index in [4.69, 9.17) is 9.97 Å².